The molecule has 0 saturated heterocycles. The number of ether oxygens (including phenoxy) is 2. The second kappa shape index (κ2) is 10.9. The second-order valence-corrected chi connectivity index (χ2v) is 6.97. The Morgan fingerprint density at radius 1 is 1.16 bits per heavy atom. The maximum atomic E-state index is 12.4. The molecular weight excluding hydrogens is 408 g/mol. The van der Waals surface area contributed by atoms with Gasteiger partial charge in [-0.25, -0.2) is 0 Å². The standard InChI is InChI=1S/C18H27BrN2O3.ClH/c1-3-23-16-9-12(15(19)11-17(16)24-4-2)10-18(22)21-14-7-5-13(20)6-8-14;/h9,11,13-14H,3-8,10,20H2,1-2H3,(H,21,22);1H. The lowest BCUT2D eigenvalue weighted by Gasteiger charge is -2.26. The Hall–Kier alpha value is -0.980. The van der Waals surface area contributed by atoms with E-state index in [0.29, 0.717) is 31.1 Å². The quantitative estimate of drug-likeness (QED) is 0.686. The lowest BCUT2D eigenvalue weighted by molar-refractivity contribution is -0.121. The molecule has 1 aromatic rings. The van der Waals surface area contributed by atoms with Gasteiger partial charge in [-0.05, 0) is 57.2 Å². The zero-order valence-corrected chi connectivity index (χ0v) is 17.2. The SMILES string of the molecule is CCOc1cc(Br)c(CC(=O)NC2CCC(N)CC2)cc1OCC.Cl. The summed E-state index contributed by atoms with van der Waals surface area (Å²) in [5, 5.41) is 3.12. The Morgan fingerprint density at radius 2 is 1.72 bits per heavy atom. The van der Waals surface area contributed by atoms with Crippen LogP contribution in [-0.4, -0.2) is 31.2 Å². The van der Waals surface area contributed by atoms with Crippen LogP contribution in [0.5, 0.6) is 11.5 Å². The molecular formula is C18H28BrClN2O3. The van der Waals surface area contributed by atoms with Gasteiger partial charge in [0.15, 0.2) is 11.5 Å². The fourth-order valence-electron chi connectivity index (χ4n) is 2.96. The fraction of sp³-hybridized carbons (Fsp3) is 0.611. The van der Waals surface area contributed by atoms with Crippen LogP contribution in [0.15, 0.2) is 16.6 Å². The van der Waals surface area contributed by atoms with Crippen molar-refractivity contribution < 1.29 is 14.3 Å². The summed E-state index contributed by atoms with van der Waals surface area (Å²) < 4.78 is 12.1. The lowest BCUT2D eigenvalue weighted by atomic mass is 9.91. The molecule has 3 N–H and O–H groups in total. The van der Waals surface area contributed by atoms with Crippen molar-refractivity contribution in [3.05, 3.63) is 22.2 Å². The Morgan fingerprint density at radius 3 is 2.28 bits per heavy atom. The zero-order chi connectivity index (χ0) is 17.5. The normalized spacial score (nSPS) is 19.7. The molecule has 1 aromatic carbocycles. The highest BCUT2D eigenvalue weighted by Crippen LogP contribution is 2.34. The van der Waals surface area contributed by atoms with E-state index in [9.17, 15) is 4.79 Å². The van der Waals surface area contributed by atoms with Crippen LogP contribution in [0.1, 0.15) is 45.1 Å². The van der Waals surface area contributed by atoms with Crippen LogP contribution in [0.4, 0.5) is 0 Å². The molecule has 1 aliphatic carbocycles. The minimum Gasteiger partial charge on any atom is -0.490 e. The van der Waals surface area contributed by atoms with Crippen LogP contribution in [0.25, 0.3) is 0 Å². The number of halogens is 2. The van der Waals surface area contributed by atoms with Crippen molar-refractivity contribution in [2.75, 3.05) is 13.2 Å². The van der Waals surface area contributed by atoms with E-state index in [2.05, 4.69) is 21.2 Å². The van der Waals surface area contributed by atoms with E-state index >= 15 is 0 Å². The van der Waals surface area contributed by atoms with Crippen molar-refractivity contribution in [2.45, 2.75) is 58.0 Å². The third kappa shape index (κ3) is 6.68. The summed E-state index contributed by atoms with van der Waals surface area (Å²) in [5.74, 6) is 1.40. The molecule has 1 fully saturated rings. The number of nitrogens with two attached hydrogens (primary N) is 1. The zero-order valence-electron chi connectivity index (χ0n) is 14.8. The molecule has 0 spiro atoms. The molecule has 7 heteroatoms. The molecule has 1 saturated carbocycles. The summed E-state index contributed by atoms with van der Waals surface area (Å²) in [4.78, 5) is 12.4. The van der Waals surface area contributed by atoms with Crippen LogP contribution >= 0.6 is 28.3 Å². The molecule has 142 valence electrons. The third-order valence-corrected chi connectivity index (χ3v) is 4.94. The number of carbonyl (C=O) groups excluding carboxylic acids is 1. The first kappa shape index (κ1) is 22.1. The van der Waals surface area contributed by atoms with Gasteiger partial charge in [0, 0.05) is 16.6 Å². The smallest absolute Gasteiger partial charge is 0.224 e. The molecule has 5 nitrogen and oxygen atoms in total. The van der Waals surface area contributed by atoms with E-state index in [1.165, 1.54) is 0 Å². The van der Waals surface area contributed by atoms with Crippen molar-refractivity contribution in [1.29, 1.82) is 0 Å². The summed E-state index contributed by atoms with van der Waals surface area (Å²) >= 11 is 3.53. The molecule has 0 bridgehead atoms. The van der Waals surface area contributed by atoms with Gasteiger partial charge in [-0.1, -0.05) is 15.9 Å². The highest BCUT2D eigenvalue weighted by Gasteiger charge is 2.21. The largest absolute Gasteiger partial charge is 0.490 e. The topological polar surface area (TPSA) is 73.6 Å². The minimum atomic E-state index is 0. The van der Waals surface area contributed by atoms with E-state index in [-0.39, 0.29) is 30.4 Å². The monoisotopic (exact) mass is 434 g/mol. The third-order valence-electron chi connectivity index (χ3n) is 4.20. The molecule has 0 radical (unpaired) electrons. The predicted octanol–water partition coefficient (Wildman–Crippen LogP) is 3.60. The van der Waals surface area contributed by atoms with Crippen LogP contribution in [0, 0.1) is 0 Å². The van der Waals surface area contributed by atoms with Gasteiger partial charge < -0.3 is 20.5 Å². The van der Waals surface area contributed by atoms with Gasteiger partial charge in [0.1, 0.15) is 0 Å². The first-order chi connectivity index (χ1) is 11.5. The molecule has 1 amide bonds. The second-order valence-electron chi connectivity index (χ2n) is 6.11. The van der Waals surface area contributed by atoms with E-state index in [0.717, 1.165) is 35.7 Å². The number of carbonyl (C=O) groups is 1. The summed E-state index contributed by atoms with van der Waals surface area (Å²) in [7, 11) is 0. The van der Waals surface area contributed by atoms with Crippen molar-refractivity contribution in [3.63, 3.8) is 0 Å². The lowest BCUT2D eigenvalue weighted by Crippen LogP contribution is -2.41. The summed E-state index contributed by atoms with van der Waals surface area (Å²) in [6.07, 6.45) is 4.19. The number of nitrogens with one attached hydrogen (secondary N) is 1. The molecule has 0 aromatic heterocycles. The Balaban J connectivity index is 0.00000312. The highest BCUT2D eigenvalue weighted by molar-refractivity contribution is 9.10. The predicted molar refractivity (Wildman–Crippen MR) is 106 cm³/mol. The van der Waals surface area contributed by atoms with Gasteiger partial charge in [-0.2, -0.15) is 0 Å². The van der Waals surface area contributed by atoms with Gasteiger partial charge >= 0.3 is 0 Å². The molecule has 0 unspecified atom stereocenters. The number of hydrogen-bond acceptors (Lipinski definition) is 4. The molecule has 2 rings (SSSR count). The van der Waals surface area contributed by atoms with E-state index in [1.54, 1.807) is 0 Å². The van der Waals surface area contributed by atoms with Gasteiger partial charge in [-0.15, -0.1) is 12.4 Å². The van der Waals surface area contributed by atoms with Crippen LogP contribution in [0.2, 0.25) is 0 Å². The van der Waals surface area contributed by atoms with Crippen molar-refractivity contribution in [2.24, 2.45) is 5.73 Å². The van der Waals surface area contributed by atoms with E-state index < -0.39 is 0 Å². The molecule has 0 aliphatic heterocycles. The first-order valence-electron chi connectivity index (χ1n) is 8.66. The first-order valence-corrected chi connectivity index (χ1v) is 9.45. The van der Waals surface area contributed by atoms with Gasteiger partial charge in [0.25, 0.3) is 0 Å². The number of benzene rings is 1. The average Bonchev–Trinajstić information content (AvgIpc) is 2.54. The minimum absolute atomic E-state index is 0. The Labute approximate surface area is 164 Å². The fourth-order valence-corrected chi connectivity index (χ4v) is 3.43. The van der Waals surface area contributed by atoms with Crippen LogP contribution < -0.4 is 20.5 Å². The molecule has 0 heterocycles. The maximum Gasteiger partial charge on any atom is 0.224 e. The Bertz CT molecular complexity index is 563. The van der Waals surface area contributed by atoms with Crippen molar-refractivity contribution in [1.82, 2.24) is 5.32 Å². The summed E-state index contributed by atoms with van der Waals surface area (Å²) in [6.45, 7) is 4.98. The van der Waals surface area contributed by atoms with Gasteiger partial charge in [0.2, 0.25) is 5.91 Å². The van der Waals surface area contributed by atoms with Gasteiger partial charge in [0.05, 0.1) is 19.6 Å². The van der Waals surface area contributed by atoms with Crippen LogP contribution in [0.3, 0.4) is 0 Å². The molecule has 0 atom stereocenters. The van der Waals surface area contributed by atoms with Crippen molar-refractivity contribution in [3.8, 4) is 11.5 Å². The van der Waals surface area contributed by atoms with Crippen molar-refractivity contribution >= 4 is 34.2 Å². The van der Waals surface area contributed by atoms with E-state index in [4.69, 9.17) is 15.2 Å². The number of hydrogen-bond donors (Lipinski definition) is 2. The average molecular weight is 436 g/mol. The Kier molecular flexibility index (Phi) is 9.61. The maximum absolute atomic E-state index is 12.4. The van der Waals surface area contributed by atoms with E-state index in [1.807, 2.05) is 26.0 Å². The number of amides is 1. The number of rotatable bonds is 7. The van der Waals surface area contributed by atoms with Crippen LogP contribution in [-0.2, 0) is 11.2 Å². The van der Waals surface area contributed by atoms with Gasteiger partial charge in [-0.3, -0.25) is 4.79 Å². The molecule has 1 aliphatic rings. The summed E-state index contributed by atoms with van der Waals surface area (Å²) in [5.41, 5.74) is 6.81. The highest BCUT2D eigenvalue weighted by atomic mass is 79.9. The summed E-state index contributed by atoms with van der Waals surface area (Å²) in [6, 6.07) is 4.28. The molecule has 25 heavy (non-hydrogen) atoms.